The van der Waals surface area contributed by atoms with Crippen LogP contribution >= 0.6 is 0 Å². The van der Waals surface area contributed by atoms with Gasteiger partial charge in [-0.2, -0.15) is 0 Å². The van der Waals surface area contributed by atoms with E-state index >= 15 is 0 Å². The van der Waals surface area contributed by atoms with Crippen molar-refractivity contribution in [3.63, 3.8) is 0 Å². The molecule has 1 aliphatic rings. The molecule has 0 aromatic carbocycles. The van der Waals surface area contributed by atoms with Crippen molar-refractivity contribution in [3.8, 4) is 0 Å². The lowest BCUT2D eigenvalue weighted by molar-refractivity contribution is 0.320. The first-order valence-corrected chi connectivity index (χ1v) is 4.53. The van der Waals surface area contributed by atoms with Crippen LogP contribution < -0.4 is 16.0 Å². The van der Waals surface area contributed by atoms with E-state index in [1.165, 1.54) is 0 Å². The maximum atomic E-state index is 10.6. The van der Waals surface area contributed by atoms with E-state index in [1.807, 2.05) is 5.94 Å². The predicted molar refractivity (Wildman–Crippen MR) is 51.9 cm³/mol. The molecule has 0 radical (unpaired) electrons. The highest BCUT2D eigenvalue weighted by atomic mass is 16.1. The van der Waals surface area contributed by atoms with Crippen LogP contribution in [-0.4, -0.2) is 30.7 Å². The van der Waals surface area contributed by atoms with Crippen molar-refractivity contribution in [2.24, 2.45) is 0 Å². The van der Waals surface area contributed by atoms with Gasteiger partial charge in [-0.15, -0.1) is 0 Å². The van der Waals surface area contributed by atoms with Crippen LogP contribution in [0.3, 0.4) is 0 Å². The molecular formula is C9H17N3O. The smallest absolute Gasteiger partial charge is 0.148 e. The Balaban J connectivity index is 2.61. The fourth-order valence-corrected chi connectivity index (χ4v) is 1.27. The van der Waals surface area contributed by atoms with E-state index in [0.29, 0.717) is 5.70 Å². The van der Waals surface area contributed by atoms with E-state index in [-0.39, 0.29) is 11.7 Å². The summed E-state index contributed by atoms with van der Waals surface area (Å²) in [5.41, 5.74) is 0.555. The van der Waals surface area contributed by atoms with Crippen LogP contribution in [0.5, 0.6) is 0 Å². The van der Waals surface area contributed by atoms with Gasteiger partial charge in [-0.25, -0.2) is 4.79 Å². The highest BCUT2D eigenvalue weighted by Gasteiger charge is 2.23. The summed E-state index contributed by atoms with van der Waals surface area (Å²) in [4.78, 5) is 10.6. The summed E-state index contributed by atoms with van der Waals surface area (Å²) in [5, 5.41) is 9.50. The fourth-order valence-electron chi connectivity index (χ4n) is 1.27. The molecule has 13 heavy (non-hydrogen) atoms. The first kappa shape index (κ1) is 10.3. The lowest BCUT2D eigenvalue weighted by atomic mass is 10.1. The van der Waals surface area contributed by atoms with Gasteiger partial charge >= 0.3 is 0 Å². The quantitative estimate of drug-likeness (QED) is 0.485. The van der Waals surface area contributed by atoms with Gasteiger partial charge in [-0.1, -0.05) is 0 Å². The van der Waals surface area contributed by atoms with Crippen molar-refractivity contribution in [3.05, 3.63) is 5.70 Å². The molecule has 0 unspecified atom stereocenters. The Hall–Kier alpha value is -0.830. The molecule has 0 aliphatic carbocycles. The molecule has 1 fully saturated rings. The van der Waals surface area contributed by atoms with E-state index < -0.39 is 0 Å². The van der Waals surface area contributed by atoms with Gasteiger partial charge in [0.1, 0.15) is 17.8 Å². The third kappa shape index (κ3) is 3.19. The van der Waals surface area contributed by atoms with Crippen molar-refractivity contribution in [1.82, 2.24) is 16.0 Å². The normalized spacial score (nSPS) is 23.6. The predicted octanol–water partition coefficient (Wildman–Crippen LogP) is -0.391. The molecule has 1 heterocycles. The van der Waals surface area contributed by atoms with Crippen LogP contribution in [0.1, 0.15) is 20.8 Å². The van der Waals surface area contributed by atoms with Crippen molar-refractivity contribution < 1.29 is 4.79 Å². The monoisotopic (exact) mass is 183 g/mol. The highest BCUT2D eigenvalue weighted by Crippen LogP contribution is 2.04. The molecule has 0 aromatic heterocycles. The molecule has 1 rings (SSSR count). The van der Waals surface area contributed by atoms with Crippen molar-refractivity contribution in [2.45, 2.75) is 32.5 Å². The van der Waals surface area contributed by atoms with Crippen LogP contribution in [0.15, 0.2) is 5.70 Å². The first-order chi connectivity index (χ1) is 6.03. The average Bonchev–Trinajstić information content (AvgIpc) is 2.02. The van der Waals surface area contributed by atoms with Gasteiger partial charge in [0.2, 0.25) is 0 Å². The molecule has 4 heteroatoms. The van der Waals surface area contributed by atoms with Crippen LogP contribution in [-0.2, 0) is 4.79 Å². The number of hydrogen-bond donors (Lipinski definition) is 3. The van der Waals surface area contributed by atoms with E-state index in [4.69, 9.17) is 0 Å². The van der Waals surface area contributed by atoms with Crippen LogP contribution in [0.2, 0.25) is 0 Å². The van der Waals surface area contributed by atoms with Crippen LogP contribution in [0.4, 0.5) is 0 Å². The summed E-state index contributed by atoms with van der Waals surface area (Å²) in [6.07, 6.45) is -0.0914. The topological polar surface area (TPSA) is 53.2 Å². The van der Waals surface area contributed by atoms with Gasteiger partial charge in [0, 0.05) is 18.6 Å². The lowest BCUT2D eigenvalue weighted by Gasteiger charge is -2.32. The summed E-state index contributed by atoms with van der Waals surface area (Å²) in [7, 11) is 0. The number of rotatable bonds is 1. The Morgan fingerprint density at radius 2 is 2.15 bits per heavy atom. The second-order valence-corrected chi connectivity index (χ2v) is 4.22. The summed E-state index contributed by atoms with van der Waals surface area (Å²) < 4.78 is 0. The van der Waals surface area contributed by atoms with Crippen molar-refractivity contribution in [2.75, 3.05) is 13.1 Å². The third-order valence-electron chi connectivity index (χ3n) is 1.76. The molecule has 0 amide bonds. The molecule has 1 aliphatic heterocycles. The number of nitrogens with one attached hydrogen (secondary N) is 3. The largest absolute Gasteiger partial charge is 0.376 e. The van der Waals surface area contributed by atoms with Crippen LogP contribution in [0, 0.1) is 0 Å². The SMILES string of the molecule is CC(C)(C)N[C@@H]1NCCNC1=C=O. The molecule has 4 nitrogen and oxygen atoms in total. The minimum absolute atomic E-state index is 0.0151. The lowest BCUT2D eigenvalue weighted by Crippen LogP contribution is -2.58. The minimum Gasteiger partial charge on any atom is -0.376 e. The van der Waals surface area contributed by atoms with Crippen molar-refractivity contribution in [1.29, 1.82) is 0 Å². The second-order valence-electron chi connectivity index (χ2n) is 4.22. The molecule has 3 N–H and O–H groups in total. The summed E-state index contributed by atoms with van der Waals surface area (Å²) in [5.74, 6) is 1.91. The van der Waals surface area contributed by atoms with E-state index in [1.54, 1.807) is 0 Å². The van der Waals surface area contributed by atoms with E-state index in [9.17, 15) is 4.79 Å². The van der Waals surface area contributed by atoms with E-state index in [2.05, 4.69) is 36.7 Å². The maximum Gasteiger partial charge on any atom is 0.148 e. The van der Waals surface area contributed by atoms with Gasteiger partial charge in [0.15, 0.2) is 0 Å². The number of hydrogen-bond acceptors (Lipinski definition) is 4. The number of piperazine rings is 1. The molecule has 0 saturated carbocycles. The summed E-state index contributed by atoms with van der Waals surface area (Å²) in [6.45, 7) is 7.83. The zero-order chi connectivity index (χ0) is 9.90. The Kier molecular flexibility index (Phi) is 3.09. The zero-order valence-electron chi connectivity index (χ0n) is 8.40. The van der Waals surface area contributed by atoms with Gasteiger partial charge in [0.05, 0.1) is 0 Å². The van der Waals surface area contributed by atoms with Gasteiger partial charge in [-0.05, 0) is 20.8 Å². The second kappa shape index (κ2) is 3.92. The van der Waals surface area contributed by atoms with E-state index in [0.717, 1.165) is 13.1 Å². The molecule has 0 aromatic rings. The molecule has 0 spiro atoms. The third-order valence-corrected chi connectivity index (χ3v) is 1.76. The molecule has 1 saturated heterocycles. The van der Waals surface area contributed by atoms with Crippen molar-refractivity contribution >= 4 is 5.94 Å². The van der Waals surface area contributed by atoms with Gasteiger partial charge in [0.25, 0.3) is 0 Å². The molecule has 0 bridgehead atoms. The first-order valence-electron chi connectivity index (χ1n) is 4.53. The Morgan fingerprint density at radius 3 is 2.69 bits per heavy atom. The number of carbonyl (C=O) groups excluding carboxylic acids is 1. The molecule has 1 atom stereocenters. The maximum absolute atomic E-state index is 10.6. The zero-order valence-corrected chi connectivity index (χ0v) is 8.40. The Morgan fingerprint density at radius 1 is 1.46 bits per heavy atom. The molecular weight excluding hydrogens is 166 g/mol. The summed E-state index contributed by atoms with van der Waals surface area (Å²) >= 11 is 0. The minimum atomic E-state index is -0.0914. The molecule has 74 valence electrons. The Labute approximate surface area is 78.8 Å². The fraction of sp³-hybridized carbons (Fsp3) is 0.778. The van der Waals surface area contributed by atoms with Gasteiger partial charge in [-0.3, -0.25) is 10.6 Å². The summed E-state index contributed by atoms with van der Waals surface area (Å²) in [6, 6.07) is 0. The Bertz CT molecular complexity index is 226. The average molecular weight is 183 g/mol. The standard InChI is InChI=1S/C9H17N3O/c1-9(2,3)12-8-7(6-13)10-4-5-11-8/h8,10-12H,4-5H2,1-3H3/t8-/m0/s1. The van der Waals surface area contributed by atoms with Crippen LogP contribution in [0.25, 0.3) is 0 Å². The van der Waals surface area contributed by atoms with Gasteiger partial charge < -0.3 is 5.32 Å². The highest BCUT2D eigenvalue weighted by molar-refractivity contribution is 5.53.